The van der Waals surface area contributed by atoms with Crippen molar-refractivity contribution >= 4 is 27.6 Å². The van der Waals surface area contributed by atoms with E-state index >= 15 is 0 Å². The molecular weight excluding hydrogens is 425 g/mol. The zero-order chi connectivity index (χ0) is 22.8. The van der Waals surface area contributed by atoms with Gasteiger partial charge in [-0.25, -0.2) is 17.6 Å². The topological polar surface area (TPSA) is 109 Å². The lowest BCUT2D eigenvalue weighted by atomic mass is 9.99. The highest BCUT2D eigenvalue weighted by atomic mass is 32.2. The summed E-state index contributed by atoms with van der Waals surface area (Å²) in [5.41, 5.74) is 1.05. The third-order valence-electron chi connectivity index (χ3n) is 5.24. The van der Waals surface area contributed by atoms with Gasteiger partial charge in [0.2, 0.25) is 15.9 Å². The zero-order valence-electron chi connectivity index (χ0n) is 17.7. The average molecular weight is 452 g/mol. The quantitative estimate of drug-likeness (QED) is 0.657. The zero-order valence-corrected chi connectivity index (χ0v) is 18.5. The molecule has 1 aliphatic heterocycles. The Balaban J connectivity index is 1.84. The number of halogens is 1. The number of aromatic amines is 1. The number of aromatic nitrogens is 1. The van der Waals surface area contributed by atoms with Crippen molar-refractivity contribution in [2.45, 2.75) is 38.5 Å². The molecule has 168 valence electrons. The molecule has 0 aliphatic carbocycles. The van der Waals surface area contributed by atoms with Gasteiger partial charge in [-0.3, -0.25) is 4.79 Å². The Morgan fingerprint density at radius 1 is 1.29 bits per heavy atom. The number of H-pyrrole nitrogens is 1. The number of carbonyl (C=O) groups excluding carboxylic acids is 2. The molecule has 2 N–H and O–H groups in total. The largest absolute Gasteiger partial charge is 0.462 e. The number of piperidine rings is 1. The van der Waals surface area contributed by atoms with Crippen molar-refractivity contribution in [2.24, 2.45) is 5.92 Å². The summed E-state index contributed by atoms with van der Waals surface area (Å²) in [5.74, 6) is -2.16. The molecule has 1 fully saturated rings. The number of amides is 1. The van der Waals surface area contributed by atoms with Gasteiger partial charge in [0, 0.05) is 30.2 Å². The van der Waals surface area contributed by atoms with Gasteiger partial charge in [-0.1, -0.05) is 6.07 Å². The van der Waals surface area contributed by atoms with Gasteiger partial charge in [-0.15, -0.1) is 0 Å². The van der Waals surface area contributed by atoms with Crippen LogP contribution in [0.1, 0.15) is 41.5 Å². The van der Waals surface area contributed by atoms with E-state index in [1.54, 1.807) is 26.8 Å². The van der Waals surface area contributed by atoms with Crippen molar-refractivity contribution in [3.63, 3.8) is 0 Å². The highest BCUT2D eigenvalue weighted by Crippen LogP contribution is 2.31. The molecule has 1 aromatic heterocycles. The minimum atomic E-state index is -4.05. The molecule has 1 atom stereocenters. The number of rotatable bonds is 6. The predicted molar refractivity (Wildman–Crippen MR) is 113 cm³/mol. The van der Waals surface area contributed by atoms with Crippen molar-refractivity contribution in [3.05, 3.63) is 47.0 Å². The standard InChI is InChI=1S/C21H26FN3O5S/c1-4-30-21(27)18-13(2)23-14(3)19(18)31(28,29)25-10-6-7-15(12-25)20(26)24-17-9-5-8-16(22)11-17/h5,8-9,11,15,23H,4,6-7,10,12H2,1-3H3,(H,24,26). The van der Waals surface area contributed by atoms with Crippen LogP contribution in [-0.4, -0.2) is 49.3 Å². The van der Waals surface area contributed by atoms with Gasteiger partial charge < -0.3 is 15.0 Å². The van der Waals surface area contributed by atoms with Crippen LogP contribution in [0, 0.1) is 25.6 Å². The van der Waals surface area contributed by atoms with Crippen molar-refractivity contribution in [1.29, 1.82) is 0 Å². The minimum Gasteiger partial charge on any atom is -0.462 e. The van der Waals surface area contributed by atoms with Crippen molar-refractivity contribution < 1.29 is 27.1 Å². The summed E-state index contributed by atoms with van der Waals surface area (Å²) in [6.45, 7) is 5.17. The number of carbonyl (C=O) groups is 2. The van der Waals surface area contributed by atoms with Crippen LogP contribution in [0.15, 0.2) is 29.2 Å². The van der Waals surface area contributed by atoms with Crippen LogP contribution in [-0.2, 0) is 19.6 Å². The fraction of sp³-hybridized carbons (Fsp3) is 0.429. The summed E-state index contributed by atoms with van der Waals surface area (Å²) in [4.78, 5) is 27.9. The van der Waals surface area contributed by atoms with E-state index in [1.165, 1.54) is 22.5 Å². The number of nitrogens with one attached hydrogen (secondary N) is 2. The smallest absolute Gasteiger partial charge is 0.341 e. The van der Waals surface area contributed by atoms with Gasteiger partial charge in [-0.05, 0) is 51.8 Å². The number of anilines is 1. The average Bonchev–Trinajstić information content (AvgIpc) is 3.03. The Hall–Kier alpha value is -2.72. The van der Waals surface area contributed by atoms with E-state index < -0.39 is 27.7 Å². The molecule has 1 amide bonds. The van der Waals surface area contributed by atoms with Crippen LogP contribution in [0.4, 0.5) is 10.1 Å². The van der Waals surface area contributed by atoms with E-state index in [4.69, 9.17) is 4.74 Å². The fourth-order valence-corrected chi connectivity index (χ4v) is 5.78. The maximum atomic E-state index is 13.4. The van der Waals surface area contributed by atoms with E-state index in [2.05, 4.69) is 10.3 Å². The lowest BCUT2D eigenvalue weighted by molar-refractivity contribution is -0.120. The molecule has 10 heteroatoms. The van der Waals surface area contributed by atoms with Gasteiger partial charge in [0.05, 0.1) is 12.5 Å². The second-order valence-electron chi connectivity index (χ2n) is 7.50. The summed E-state index contributed by atoms with van der Waals surface area (Å²) in [5, 5.41) is 2.65. The Morgan fingerprint density at radius 2 is 2.03 bits per heavy atom. The van der Waals surface area contributed by atoms with E-state index in [9.17, 15) is 22.4 Å². The predicted octanol–water partition coefficient (Wildman–Crippen LogP) is 2.99. The second-order valence-corrected chi connectivity index (χ2v) is 9.38. The van der Waals surface area contributed by atoms with E-state index in [-0.39, 0.29) is 36.1 Å². The Labute approximate surface area is 180 Å². The first-order chi connectivity index (χ1) is 14.6. The molecule has 2 heterocycles. The van der Waals surface area contributed by atoms with Gasteiger partial charge >= 0.3 is 5.97 Å². The second kappa shape index (κ2) is 9.19. The molecule has 31 heavy (non-hydrogen) atoms. The monoisotopic (exact) mass is 451 g/mol. The van der Waals surface area contributed by atoms with E-state index in [1.807, 2.05) is 0 Å². The Kier molecular flexibility index (Phi) is 6.80. The number of esters is 1. The maximum absolute atomic E-state index is 13.4. The van der Waals surface area contributed by atoms with E-state index in [0.29, 0.717) is 29.9 Å². The molecule has 2 aromatic rings. The summed E-state index contributed by atoms with van der Waals surface area (Å²) < 4.78 is 46.5. The molecule has 3 rings (SSSR count). The van der Waals surface area contributed by atoms with Crippen LogP contribution in [0.5, 0.6) is 0 Å². The number of hydrogen-bond acceptors (Lipinski definition) is 5. The van der Waals surface area contributed by atoms with Gasteiger partial charge in [-0.2, -0.15) is 4.31 Å². The van der Waals surface area contributed by atoms with Crippen LogP contribution in [0.3, 0.4) is 0 Å². The Morgan fingerprint density at radius 3 is 2.71 bits per heavy atom. The number of benzene rings is 1. The van der Waals surface area contributed by atoms with Gasteiger partial charge in [0.15, 0.2) is 0 Å². The van der Waals surface area contributed by atoms with Crippen LogP contribution < -0.4 is 5.32 Å². The van der Waals surface area contributed by atoms with Gasteiger partial charge in [0.1, 0.15) is 16.3 Å². The minimum absolute atomic E-state index is 0.00862. The lowest BCUT2D eigenvalue weighted by Gasteiger charge is -2.31. The highest BCUT2D eigenvalue weighted by Gasteiger charge is 2.38. The molecule has 1 unspecified atom stereocenters. The summed E-state index contributed by atoms with van der Waals surface area (Å²) >= 11 is 0. The molecule has 0 radical (unpaired) electrons. The molecule has 1 aliphatic rings. The van der Waals surface area contributed by atoms with Crippen LogP contribution in [0.25, 0.3) is 0 Å². The number of aryl methyl sites for hydroxylation is 2. The molecule has 1 aromatic carbocycles. The summed E-state index contributed by atoms with van der Waals surface area (Å²) in [6, 6.07) is 5.52. The summed E-state index contributed by atoms with van der Waals surface area (Å²) in [7, 11) is -4.05. The summed E-state index contributed by atoms with van der Waals surface area (Å²) in [6.07, 6.45) is 0.987. The van der Waals surface area contributed by atoms with Gasteiger partial charge in [0.25, 0.3) is 0 Å². The number of hydrogen-bond donors (Lipinski definition) is 2. The Bertz CT molecular complexity index is 1100. The van der Waals surface area contributed by atoms with Crippen molar-refractivity contribution in [2.75, 3.05) is 25.0 Å². The molecular formula is C21H26FN3O5S. The van der Waals surface area contributed by atoms with Crippen LogP contribution >= 0.6 is 0 Å². The number of ether oxygens (including phenoxy) is 1. The molecule has 0 saturated carbocycles. The third-order valence-corrected chi connectivity index (χ3v) is 7.28. The number of sulfonamides is 1. The van der Waals surface area contributed by atoms with Crippen molar-refractivity contribution in [3.8, 4) is 0 Å². The SMILES string of the molecule is CCOC(=O)c1c(C)[nH]c(C)c1S(=O)(=O)N1CCCC(C(=O)Nc2cccc(F)c2)C1. The maximum Gasteiger partial charge on any atom is 0.341 e. The lowest BCUT2D eigenvalue weighted by Crippen LogP contribution is -2.44. The number of nitrogens with zero attached hydrogens (tertiary/aromatic N) is 1. The molecule has 0 spiro atoms. The molecule has 0 bridgehead atoms. The first kappa shape index (κ1) is 23.0. The molecule has 1 saturated heterocycles. The van der Waals surface area contributed by atoms with E-state index in [0.717, 1.165) is 0 Å². The normalized spacial score (nSPS) is 17.4. The third kappa shape index (κ3) is 4.80. The van der Waals surface area contributed by atoms with Crippen LogP contribution in [0.2, 0.25) is 0 Å². The van der Waals surface area contributed by atoms with Crippen molar-refractivity contribution in [1.82, 2.24) is 9.29 Å². The first-order valence-corrected chi connectivity index (χ1v) is 11.5. The first-order valence-electron chi connectivity index (χ1n) is 10.1. The highest BCUT2D eigenvalue weighted by molar-refractivity contribution is 7.89. The fourth-order valence-electron chi connectivity index (χ4n) is 3.84. The molecule has 8 nitrogen and oxygen atoms in total.